The van der Waals surface area contributed by atoms with Gasteiger partial charge in [-0.15, -0.1) is 0 Å². The van der Waals surface area contributed by atoms with Crippen LogP contribution in [0.15, 0.2) is 35.5 Å². The molecule has 0 saturated carbocycles. The molecule has 1 aromatic carbocycles. The molecule has 0 spiro atoms. The maximum absolute atomic E-state index is 5.04. The van der Waals surface area contributed by atoms with Gasteiger partial charge in [0.15, 0.2) is 0 Å². The molecule has 0 bridgehead atoms. The van der Waals surface area contributed by atoms with Crippen LogP contribution in [0.3, 0.4) is 0 Å². The van der Waals surface area contributed by atoms with Gasteiger partial charge in [0.2, 0.25) is 0 Å². The lowest BCUT2D eigenvalue weighted by molar-refractivity contribution is 0.173. The molecule has 0 N–H and O–H groups in total. The van der Waals surface area contributed by atoms with Gasteiger partial charge in [-0.05, 0) is 12.1 Å². The Morgan fingerprint density at radius 1 is 1.06 bits per heavy atom. The first kappa shape index (κ1) is 11.5. The molecule has 2 aliphatic heterocycles. The molecule has 0 amide bonds. The Hall–Kier alpha value is -1.55. The van der Waals surface area contributed by atoms with Gasteiger partial charge < -0.3 is 9.74 Å². The monoisotopic (exact) mass is 245 g/mol. The first-order valence-electron chi connectivity index (χ1n) is 6.62. The molecule has 18 heavy (non-hydrogen) atoms. The lowest BCUT2D eigenvalue weighted by Crippen LogP contribution is -2.47. The molecule has 1 saturated heterocycles. The van der Waals surface area contributed by atoms with E-state index in [1.807, 2.05) is 0 Å². The number of hydrogen-bond acceptors (Lipinski definition) is 4. The van der Waals surface area contributed by atoms with E-state index < -0.39 is 0 Å². The highest BCUT2D eigenvalue weighted by atomic mass is 16.6. The molecule has 0 aromatic heterocycles. The van der Waals surface area contributed by atoms with Gasteiger partial charge in [0.25, 0.3) is 0 Å². The maximum atomic E-state index is 5.04. The van der Waals surface area contributed by atoms with E-state index in [0.29, 0.717) is 0 Å². The van der Waals surface area contributed by atoms with E-state index in [9.17, 15) is 0 Å². The van der Waals surface area contributed by atoms with Crippen molar-refractivity contribution in [1.82, 2.24) is 4.90 Å². The number of hydrogen-bond donors (Lipinski definition) is 0. The van der Waals surface area contributed by atoms with Gasteiger partial charge in [0, 0.05) is 44.8 Å². The summed E-state index contributed by atoms with van der Waals surface area (Å²) in [5, 5.41) is 4.07. The number of rotatable bonds is 3. The highest BCUT2D eigenvalue weighted by Crippen LogP contribution is 2.15. The highest BCUT2D eigenvalue weighted by Gasteiger charge is 2.19. The van der Waals surface area contributed by atoms with Crippen LogP contribution in [-0.4, -0.2) is 49.9 Å². The second-order valence-electron chi connectivity index (χ2n) is 4.84. The summed E-state index contributed by atoms with van der Waals surface area (Å²) < 4.78 is 0. The van der Waals surface area contributed by atoms with Crippen molar-refractivity contribution in [1.29, 1.82) is 0 Å². The van der Waals surface area contributed by atoms with Crippen LogP contribution in [-0.2, 0) is 4.84 Å². The van der Waals surface area contributed by atoms with E-state index >= 15 is 0 Å². The zero-order valence-electron chi connectivity index (χ0n) is 10.6. The molecule has 0 unspecified atom stereocenters. The Labute approximate surface area is 108 Å². The molecule has 2 aliphatic rings. The average Bonchev–Trinajstić information content (AvgIpc) is 2.94. The molecule has 2 heterocycles. The van der Waals surface area contributed by atoms with Crippen molar-refractivity contribution >= 4 is 11.4 Å². The summed E-state index contributed by atoms with van der Waals surface area (Å²) in [5.41, 5.74) is 2.53. The Morgan fingerprint density at radius 3 is 2.50 bits per heavy atom. The van der Waals surface area contributed by atoms with Crippen LogP contribution in [0.1, 0.15) is 6.42 Å². The molecule has 0 radical (unpaired) electrons. The lowest BCUT2D eigenvalue weighted by Gasteiger charge is -2.35. The van der Waals surface area contributed by atoms with Crippen molar-refractivity contribution in [2.45, 2.75) is 6.42 Å². The first-order valence-corrected chi connectivity index (χ1v) is 6.62. The minimum absolute atomic E-state index is 0.763. The van der Waals surface area contributed by atoms with Crippen molar-refractivity contribution in [2.24, 2.45) is 5.16 Å². The second kappa shape index (κ2) is 5.40. The fraction of sp³-hybridized carbons (Fsp3) is 0.500. The first-order chi connectivity index (χ1) is 8.92. The van der Waals surface area contributed by atoms with Crippen LogP contribution >= 0.6 is 0 Å². The van der Waals surface area contributed by atoms with Crippen molar-refractivity contribution in [3.63, 3.8) is 0 Å². The summed E-state index contributed by atoms with van der Waals surface area (Å²) in [7, 11) is 0. The third-order valence-corrected chi connectivity index (χ3v) is 3.58. The van der Waals surface area contributed by atoms with Crippen LogP contribution in [0, 0.1) is 0 Å². The molecule has 4 nitrogen and oxygen atoms in total. The number of oxime groups is 1. The smallest absolute Gasteiger partial charge is 0.122 e. The van der Waals surface area contributed by atoms with Crippen molar-refractivity contribution < 1.29 is 4.84 Å². The number of benzene rings is 1. The van der Waals surface area contributed by atoms with E-state index in [0.717, 1.165) is 45.8 Å². The molecule has 96 valence electrons. The Morgan fingerprint density at radius 2 is 1.83 bits per heavy atom. The van der Waals surface area contributed by atoms with E-state index in [-0.39, 0.29) is 0 Å². The van der Waals surface area contributed by atoms with E-state index in [2.05, 4.69) is 45.3 Å². The Kier molecular flexibility index (Phi) is 3.46. The van der Waals surface area contributed by atoms with Gasteiger partial charge in [0.1, 0.15) is 6.61 Å². The van der Waals surface area contributed by atoms with Crippen LogP contribution in [0.5, 0.6) is 0 Å². The van der Waals surface area contributed by atoms with Gasteiger partial charge in [-0.2, -0.15) is 0 Å². The SMILES string of the molecule is c1ccc(N2CCN(CC3=NOCC3)CC2)cc1. The topological polar surface area (TPSA) is 28.1 Å². The standard InChI is InChI=1S/C14H19N3O/c1-2-4-14(5-3-1)17-9-7-16(8-10-17)12-13-6-11-18-15-13/h1-5H,6-12H2. The summed E-state index contributed by atoms with van der Waals surface area (Å²) in [5.74, 6) is 0. The predicted molar refractivity (Wildman–Crippen MR) is 73.1 cm³/mol. The summed E-state index contributed by atoms with van der Waals surface area (Å²) in [6.07, 6.45) is 0.999. The second-order valence-corrected chi connectivity index (χ2v) is 4.84. The van der Waals surface area contributed by atoms with Gasteiger partial charge in [-0.1, -0.05) is 23.4 Å². The van der Waals surface area contributed by atoms with E-state index in [1.54, 1.807) is 0 Å². The summed E-state index contributed by atoms with van der Waals surface area (Å²) >= 11 is 0. The Balaban J connectivity index is 1.52. The largest absolute Gasteiger partial charge is 0.395 e. The molecule has 3 rings (SSSR count). The fourth-order valence-electron chi connectivity index (χ4n) is 2.52. The molecular formula is C14H19N3O. The van der Waals surface area contributed by atoms with Crippen LogP contribution in [0.25, 0.3) is 0 Å². The number of nitrogens with zero attached hydrogens (tertiary/aromatic N) is 3. The number of piperazine rings is 1. The highest BCUT2D eigenvalue weighted by molar-refractivity contribution is 5.86. The third kappa shape index (κ3) is 2.64. The normalized spacial score (nSPS) is 20.7. The fourth-order valence-corrected chi connectivity index (χ4v) is 2.52. The predicted octanol–water partition coefficient (Wildman–Crippen LogP) is 1.58. The molecule has 0 atom stereocenters. The average molecular weight is 245 g/mol. The Bertz CT molecular complexity index is 410. The van der Waals surface area contributed by atoms with Gasteiger partial charge >= 0.3 is 0 Å². The summed E-state index contributed by atoms with van der Waals surface area (Å²) in [6, 6.07) is 10.6. The minimum Gasteiger partial charge on any atom is -0.395 e. The van der Waals surface area contributed by atoms with E-state index in [4.69, 9.17) is 4.84 Å². The summed E-state index contributed by atoms with van der Waals surface area (Å²) in [6.45, 7) is 6.14. The molecule has 4 heteroatoms. The summed E-state index contributed by atoms with van der Waals surface area (Å²) in [4.78, 5) is 9.95. The van der Waals surface area contributed by atoms with Gasteiger partial charge in [-0.3, -0.25) is 4.90 Å². The molecule has 1 aromatic rings. The van der Waals surface area contributed by atoms with Crippen molar-refractivity contribution in [3.05, 3.63) is 30.3 Å². The van der Waals surface area contributed by atoms with Crippen molar-refractivity contribution in [2.75, 3.05) is 44.2 Å². The number of anilines is 1. The minimum atomic E-state index is 0.763. The van der Waals surface area contributed by atoms with Gasteiger partial charge in [-0.25, -0.2) is 0 Å². The zero-order chi connectivity index (χ0) is 12.2. The van der Waals surface area contributed by atoms with Crippen LogP contribution in [0.2, 0.25) is 0 Å². The van der Waals surface area contributed by atoms with E-state index in [1.165, 1.54) is 11.4 Å². The molecule has 0 aliphatic carbocycles. The molecular weight excluding hydrogens is 226 g/mol. The number of para-hydroxylation sites is 1. The third-order valence-electron chi connectivity index (χ3n) is 3.58. The maximum Gasteiger partial charge on any atom is 0.122 e. The quantitative estimate of drug-likeness (QED) is 0.809. The van der Waals surface area contributed by atoms with Gasteiger partial charge in [0.05, 0.1) is 5.71 Å². The van der Waals surface area contributed by atoms with Crippen LogP contribution < -0.4 is 4.90 Å². The molecule has 1 fully saturated rings. The van der Waals surface area contributed by atoms with Crippen molar-refractivity contribution in [3.8, 4) is 0 Å². The van der Waals surface area contributed by atoms with Crippen LogP contribution in [0.4, 0.5) is 5.69 Å². The zero-order valence-corrected chi connectivity index (χ0v) is 10.6. The lowest BCUT2D eigenvalue weighted by atomic mass is 10.2.